The molecule has 20 heavy (non-hydrogen) atoms. The summed E-state index contributed by atoms with van der Waals surface area (Å²) in [4.78, 5) is 17.8. The molecule has 0 bridgehead atoms. The lowest BCUT2D eigenvalue weighted by atomic mass is 10.1. The maximum absolute atomic E-state index is 13.5. The highest BCUT2D eigenvalue weighted by atomic mass is 19.4. The number of rotatable bonds is 2. The predicted octanol–water partition coefficient (Wildman–Crippen LogP) is 3.05. The Hall–Kier alpha value is -2.25. The number of nitrogens with zero attached hydrogens (tertiary/aromatic N) is 2. The fraction of sp³-hybridized carbons (Fsp3) is 0.250. The average molecular weight is 288 g/mol. The molecule has 0 saturated heterocycles. The molecule has 0 aliphatic heterocycles. The number of alkyl halides is 3. The lowest BCUT2D eigenvalue weighted by molar-refractivity contribution is -0.141. The number of fused-ring (bicyclic) bond motifs is 1. The van der Waals surface area contributed by atoms with Crippen molar-refractivity contribution in [1.82, 2.24) is 9.97 Å². The molecule has 2 aromatic rings. The summed E-state index contributed by atoms with van der Waals surface area (Å²) in [6.45, 7) is 1.59. The number of aromatic carboxylic acids is 1. The van der Waals surface area contributed by atoms with Crippen LogP contribution in [0.15, 0.2) is 12.1 Å². The van der Waals surface area contributed by atoms with Crippen LogP contribution in [-0.4, -0.2) is 21.0 Å². The van der Waals surface area contributed by atoms with Crippen LogP contribution in [0, 0.1) is 5.82 Å². The zero-order valence-electron chi connectivity index (χ0n) is 10.1. The summed E-state index contributed by atoms with van der Waals surface area (Å²) >= 11 is 0. The van der Waals surface area contributed by atoms with Crippen LogP contribution in [0.1, 0.15) is 28.7 Å². The summed E-state index contributed by atoms with van der Waals surface area (Å²) in [5.74, 6) is -2.50. The third kappa shape index (κ3) is 2.40. The molecule has 0 spiro atoms. The summed E-state index contributed by atoms with van der Waals surface area (Å²) in [6.07, 6.45) is -4.74. The molecular formula is C12H8F4N2O2. The largest absolute Gasteiger partial charge is 0.478 e. The van der Waals surface area contributed by atoms with Crippen molar-refractivity contribution in [1.29, 1.82) is 0 Å². The number of carbonyl (C=O) groups is 1. The second-order valence-electron chi connectivity index (χ2n) is 4.00. The van der Waals surface area contributed by atoms with Crippen molar-refractivity contribution in [3.05, 3.63) is 34.9 Å². The molecule has 0 aromatic carbocycles. The first-order valence-corrected chi connectivity index (χ1v) is 5.54. The van der Waals surface area contributed by atoms with Crippen molar-refractivity contribution in [3.63, 3.8) is 0 Å². The Bertz CT molecular complexity index is 698. The monoisotopic (exact) mass is 288 g/mol. The first kappa shape index (κ1) is 14.2. The van der Waals surface area contributed by atoms with Gasteiger partial charge in [-0.15, -0.1) is 0 Å². The Labute approximate surface area is 110 Å². The van der Waals surface area contributed by atoms with Crippen molar-refractivity contribution in [2.75, 3.05) is 0 Å². The van der Waals surface area contributed by atoms with E-state index in [9.17, 15) is 22.4 Å². The van der Waals surface area contributed by atoms with E-state index in [1.807, 2.05) is 0 Å². The van der Waals surface area contributed by atoms with Gasteiger partial charge in [-0.3, -0.25) is 0 Å². The molecule has 0 fully saturated rings. The number of aryl methyl sites for hydroxylation is 1. The summed E-state index contributed by atoms with van der Waals surface area (Å²) in [5, 5.41) is 8.71. The van der Waals surface area contributed by atoms with E-state index in [-0.39, 0.29) is 23.1 Å². The van der Waals surface area contributed by atoms with Gasteiger partial charge in [-0.1, -0.05) is 6.92 Å². The van der Waals surface area contributed by atoms with Gasteiger partial charge in [-0.2, -0.15) is 13.2 Å². The molecule has 106 valence electrons. The number of pyridine rings is 2. The van der Waals surface area contributed by atoms with E-state index in [4.69, 9.17) is 5.11 Å². The quantitative estimate of drug-likeness (QED) is 0.863. The van der Waals surface area contributed by atoms with Crippen LogP contribution in [0.4, 0.5) is 17.6 Å². The van der Waals surface area contributed by atoms with Gasteiger partial charge in [0.1, 0.15) is 5.82 Å². The molecule has 2 rings (SSSR count). The summed E-state index contributed by atoms with van der Waals surface area (Å²) in [7, 11) is 0. The second-order valence-corrected chi connectivity index (χ2v) is 4.00. The number of carboxylic acid groups (broad SMARTS) is 1. The molecule has 8 heteroatoms. The zero-order valence-corrected chi connectivity index (χ0v) is 10.1. The maximum Gasteiger partial charge on any atom is 0.434 e. The van der Waals surface area contributed by atoms with Gasteiger partial charge >= 0.3 is 12.1 Å². The number of hydrogen-bond acceptors (Lipinski definition) is 3. The third-order valence-electron chi connectivity index (χ3n) is 2.66. The van der Waals surface area contributed by atoms with Gasteiger partial charge in [0, 0.05) is 5.39 Å². The minimum atomic E-state index is -4.93. The Morgan fingerprint density at radius 3 is 2.45 bits per heavy atom. The van der Waals surface area contributed by atoms with Crippen molar-refractivity contribution < 1.29 is 27.5 Å². The van der Waals surface area contributed by atoms with Crippen molar-refractivity contribution in [3.8, 4) is 0 Å². The molecular weight excluding hydrogens is 280 g/mol. The lowest BCUT2D eigenvalue weighted by Gasteiger charge is -2.11. The summed E-state index contributed by atoms with van der Waals surface area (Å²) in [6, 6.07) is 1.66. The van der Waals surface area contributed by atoms with E-state index < -0.39 is 29.2 Å². The molecule has 0 atom stereocenters. The fourth-order valence-corrected chi connectivity index (χ4v) is 1.74. The van der Waals surface area contributed by atoms with Crippen LogP contribution in [0.5, 0.6) is 0 Å². The van der Waals surface area contributed by atoms with E-state index in [1.54, 1.807) is 6.92 Å². The average Bonchev–Trinajstić information content (AvgIpc) is 2.35. The predicted molar refractivity (Wildman–Crippen MR) is 60.8 cm³/mol. The number of aromatic nitrogens is 2. The minimum absolute atomic E-state index is 0.0267. The van der Waals surface area contributed by atoms with Gasteiger partial charge in [0.25, 0.3) is 0 Å². The van der Waals surface area contributed by atoms with Gasteiger partial charge in [0.15, 0.2) is 11.3 Å². The molecule has 0 aliphatic carbocycles. The zero-order chi connectivity index (χ0) is 15.1. The summed E-state index contributed by atoms with van der Waals surface area (Å²) in [5.41, 5.74) is -2.93. The highest BCUT2D eigenvalue weighted by molar-refractivity contribution is 5.93. The van der Waals surface area contributed by atoms with Crippen molar-refractivity contribution in [2.24, 2.45) is 0 Å². The van der Waals surface area contributed by atoms with E-state index in [0.717, 1.165) is 12.1 Å². The highest BCUT2D eigenvalue weighted by Crippen LogP contribution is 2.32. The lowest BCUT2D eigenvalue weighted by Crippen LogP contribution is -2.16. The SMILES string of the molecule is CCc1nc2nc(C(F)(F)F)c(C(=O)O)cc2cc1F. The molecule has 0 aliphatic rings. The van der Waals surface area contributed by atoms with Crippen LogP contribution in [-0.2, 0) is 12.6 Å². The third-order valence-corrected chi connectivity index (χ3v) is 2.66. The summed E-state index contributed by atoms with van der Waals surface area (Å²) < 4.78 is 51.8. The van der Waals surface area contributed by atoms with Gasteiger partial charge in [-0.25, -0.2) is 19.2 Å². The maximum atomic E-state index is 13.5. The van der Waals surface area contributed by atoms with Gasteiger partial charge < -0.3 is 5.11 Å². The van der Waals surface area contributed by atoms with Gasteiger partial charge in [0.2, 0.25) is 0 Å². The standard InChI is InChI=1S/C12H8F4N2O2/c1-2-8-7(13)4-5-3-6(11(19)20)9(12(14,15)16)18-10(5)17-8/h3-4H,2H2,1H3,(H,19,20). The van der Waals surface area contributed by atoms with Crippen molar-refractivity contribution in [2.45, 2.75) is 19.5 Å². The van der Waals surface area contributed by atoms with Gasteiger partial charge in [0.05, 0.1) is 11.3 Å². The second kappa shape index (κ2) is 4.69. The molecule has 0 radical (unpaired) electrons. The van der Waals surface area contributed by atoms with Crippen molar-refractivity contribution >= 4 is 17.0 Å². The fourth-order valence-electron chi connectivity index (χ4n) is 1.74. The molecule has 4 nitrogen and oxygen atoms in total. The van der Waals surface area contributed by atoms with Crippen LogP contribution in [0.25, 0.3) is 11.0 Å². The molecule has 2 aromatic heterocycles. The highest BCUT2D eigenvalue weighted by Gasteiger charge is 2.38. The number of carboxylic acids is 1. The Morgan fingerprint density at radius 1 is 1.30 bits per heavy atom. The van der Waals surface area contributed by atoms with Crippen LogP contribution in [0.2, 0.25) is 0 Å². The van der Waals surface area contributed by atoms with E-state index in [2.05, 4.69) is 9.97 Å². The van der Waals surface area contributed by atoms with Crippen LogP contribution in [0.3, 0.4) is 0 Å². The smallest absolute Gasteiger partial charge is 0.434 e. The molecule has 1 N–H and O–H groups in total. The molecule has 0 saturated carbocycles. The number of hydrogen-bond donors (Lipinski definition) is 1. The molecule has 0 unspecified atom stereocenters. The van der Waals surface area contributed by atoms with E-state index in [0.29, 0.717) is 0 Å². The van der Waals surface area contributed by atoms with E-state index in [1.165, 1.54) is 0 Å². The molecule has 0 amide bonds. The topological polar surface area (TPSA) is 63.1 Å². The Morgan fingerprint density at radius 2 is 1.95 bits per heavy atom. The number of halogens is 4. The molecule has 2 heterocycles. The van der Waals surface area contributed by atoms with Gasteiger partial charge in [-0.05, 0) is 18.6 Å². The first-order valence-electron chi connectivity index (χ1n) is 5.54. The normalized spacial score (nSPS) is 11.8. The Balaban J connectivity index is 2.82. The minimum Gasteiger partial charge on any atom is -0.478 e. The van der Waals surface area contributed by atoms with Crippen LogP contribution < -0.4 is 0 Å². The first-order chi connectivity index (χ1) is 9.24. The Kier molecular flexibility index (Phi) is 3.33. The van der Waals surface area contributed by atoms with E-state index >= 15 is 0 Å². The van der Waals surface area contributed by atoms with Crippen LogP contribution >= 0.6 is 0 Å².